The maximum absolute atomic E-state index is 13.4. The number of carbonyl (C=O) groups is 4. The molecule has 41 heavy (non-hydrogen) atoms. The van der Waals surface area contributed by atoms with Gasteiger partial charge >= 0.3 is 0 Å². The van der Waals surface area contributed by atoms with Crippen LogP contribution in [-0.2, 0) is 38.4 Å². The Hall–Kier alpha value is -3.80. The van der Waals surface area contributed by atoms with E-state index in [1.165, 1.54) is 9.80 Å². The van der Waals surface area contributed by atoms with Crippen LogP contribution in [0.25, 0.3) is 0 Å². The highest BCUT2D eigenvalue weighted by molar-refractivity contribution is 6.24. The first kappa shape index (κ1) is 25.0. The normalized spacial score (nSPS) is 34.1. The first-order chi connectivity index (χ1) is 19.9. The van der Waals surface area contributed by atoms with Gasteiger partial charge in [-0.1, -0.05) is 62.4 Å². The molecule has 8 rings (SSSR count). The van der Waals surface area contributed by atoms with Gasteiger partial charge in [0.05, 0.1) is 35.0 Å². The van der Waals surface area contributed by atoms with Gasteiger partial charge in [0.15, 0.2) is 0 Å². The van der Waals surface area contributed by atoms with Gasteiger partial charge in [-0.2, -0.15) is 0 Å². The lowest BCUT2D eigenvalue weighted by Crippen LogP contribution is -2.33. The second-order valence-electron chi connectivity index (χ2n) is 12.8. The number of carbonyl (C=O) groups excluding carboxylic acids is 4. The summed E-state index contributed by atoms with van der Waals surface area (Å²) in [6, 6.07) is 12.2. The van der Waals surface area contributed by atoms with Crippen LogP contribution < -0.4 is 9.80 Å². The van der Waals surface area contributed by atoms with Crippen LogP contribution in [0.15, 0.2) is 60.7 Å². The zero-order chi connectivity index (χ0) is 28.2. The Bertz CT molecular complexity index is 1430. The van der Waals surface area contributed by atoms with Crippen LogP contribution in [0, 0.1) is 47.3 Å². The van der Waals surface area contributed by atoms with Crippen molar-refractivity contribution in [2.24, 2.45) is 47.3 Å². The van der Waals surface area contributed by atoms with Gasteiger partial charge < -0.3 is 0 Å². The Morgan fingerprint density at radius 3 is 1.22 bits per heavy atom. The fourth-order valence-electron chi connectivity index (χ4n) is 9.02. The monoisotopic (exact) mass is 546 g/mol. The highest BCUT2D eigenvalue weighted by atomic mass is 16.2. The molecular weight excluding hydrogens is 512 g/mol. The van der Waals surface area contributed by atoms with E-state index in [0.29, 0.717) is 6.42 Å². The predicted molar refractivity (Wildman–Crippen MR) is 155 cm³/mol. The molecule has 2 saturated carbocycles. The SMILES string of the molecule is CCc1cc(Cc2ccc(N3C(=O)C4C5C=CC(C5)C4C3=O)c(CC)c2)ccc1N1C(=O)C2C3C=CC(C3)C2C1=O. The van der Waals surface area contributed by atoms with Gasteiger partial charge in [0.2, 0.25) is 23.6 Å². The largest absolute Gasteiger partial charge is 0.274 e. The molecule has 0 aromatic heterocycles. The number of imide groups is 2. The summed E-state index contributed by atoms with van der Waals surface area (Å²) in [5.74, 6) is -0.171. The standard InChI is InChI=1S/C35H34N2O4/c1-3-20-14-18(5-11-26(20)36-32(38)28-22-7-8-23(16-22)29(28)33(36)39)13-19-6-12-27(21(4-2)15-19)37-34(40)30-24-9-10-25(17-24)31(30)35(37)41/h5-12,14-15,22-25,28-31H,3-4,13,16-17H2,1-2H3. The van der Waals surface area contributed by atoms with Crippen LogP contribution in [0.3, 0.4) is 0 Å². The quantitative estimate of drug-likeness (QED) is 0.377. The van der Waals surface area contributed by atoms with Gasteiger partial charge in [0.1, 0.15) is 0 Å². The summed E-state index contributed by atoms with van der Waals surface area (Å²) < 4.78 is 0. The number of nitrogens with zero attached hydrogens (tertiary/aromatic N) is 2. The predicted octanol–water partition coefficient (Wildman–Crippen LogP) is 5.03. The zero-order valence-corrected chi connectivity index (χ0v) is 23.5. The molecule has 2 heterocycles. The number of aryl methyl sites for hydroxylation is 2. The number of hydrogen-bond donors (Lipinski definition) is 0. The maximum atomic E-state index is 13.4. The fourth-order valence-corrected chi connectivity index (χ4v) is 9.02. The number of allylic oxidation sites excluding steroid dienone is 4. The molecule has 0 radical (unpaired) electrons. The van der Waals surface area contributed by atoms with E-state index in [0.717, 1.165) is 59.3 Å². The molecule has 6 aliphatic rings. The number of benzene rings is 2. The Morgan fingerprint density at radius 2 is 0.902 bits per heavy atom. The number of amides is 4. The van der Waals surface area contributed by atoms with Gasteiger partial charge in [0.25, 0.3) is 0 Å². The minimum Gasteiger partial charge on any atom is -0.274 e. The Labute approximate surface area is 240 Å². The number of fused-ring (bicyclic) bond motifs is 10. The minimum atomic E-state index is -0.201. The van der Waals surface area contributed by atoms with Crippen molar-refractivity contribution < 1.29 is 19.2 Å². The van der Waals surface area contributed by atoms with E-state index in [2.05, 4.69) is 50.3 Å². The molecule has 8 unspecified atom stereocenters. The topological polar surface area (TPSA) is 74.8 Å². The van der Waals surface area contributed by atoms with Crippen LogP contribution in [0.1, 0.15) is 48.9 Å². The number of anilines is 2. The molecular formula is C35H34N2O4. The van der Waals surface area contributed by atoms with Crippen LogP contribution in [0.2, 0.25) is 0 Å². The van der Waals surface area contributed by atoms with Crippen LogP contribution in [-0.4, -0.2) is 23.6 Å². The average molecular weight is 547 g/mol. The Morgan fingerprint density at radius 1 is 0.561 bits per heavy atom. The van der Waals surface area contributed by atoms with Crippen molar-refractivity contribution in [2.45, 2.75) is 46.0 Å². The van der Waals surface area contributed by atoms with E-state index in [1.807, 2.05) is 24.3 Å². The summed E-state index contributed by atoms with van der Waals surface area (Å²) in [6.07, 6.45) is 12.5. The molecule has 0 N–H and O–H groups in total. The summed E-state index contributed by atoms with van der Waals surface area (Å²) in [7, 11) is 0. The van der Waals surface area contributed by atoms with Crippen molar-refractivity contribution in [2.75, 3.05) is 9.80 Å². The van der Waals surface area contributed by atoms with Crippen molar-refractivity contribution in [1.82, 2.24) is 0 Å². The smallest absolute Gasteiger partial charge is 0.238 e. The summed E-state index contributed by atoms with van der Waals surface area (Å²) in [4.78, 5) is 56.6. The molecule has 6 heteroatoms. The van der Waals surface area contributed by atoms with Gasteiger partial charge in [-0.25, -0.2) is 9.80 Å². The van der Waals surface area contributed by atoms with Crippen molar-refractivity contribution >= 4 is 35.0 Å². The summed E-state index contributed by atoms with van der Waals surface area (Å²) >= 11 is 0. The molecule has 2 aliphatic heterocycles. The Kier molecular flexibility index (Phi) is 5.38. The van der Waals surface area contributed by atoms with E-state index in [4.69, 9.17) is 0 Å². The van der Waals surface area contributed by atoms with E-state index < -0.39 is 0 Å². The average Bonchev–Trinajstić information content (AvgIpc) is 3.82. The highest BCUT2D eigenvalue weighted by Crippen LogP contribution is 2.54. The lowest BCUT2D eigenvalue weighted by atomic mass is 9.85. The van der Waals surface area contributed by atoms with Crippen molar-refractivity contribution in [3.8, 4) is 0 Å². The molecule has 2 aromatic carbocycles. The lowest BCUT2D eigenvalue weighted by molar-refractivity contribution is -0.124. The van der Waals surface area contributed by atoms with Gasteiger partial charge in [-0.05, 0) is 90.2 Å². The van der Waals surface area contributed by atoms with Crippen LogP contribution >= 0.6 is 0 Å². The Balaban J connectivity index is 1.05. The molecule has 4 bridgehead atoms. The van der Waals surface area contributed by atoms with Gasteiger partial charge in [-0.15, -0.1) is 0 Å². The third kappa shape index (κ3) is 3.36. The zero-order valence-electron chi connectivity index (χ0n) is 23.5. The third-order valence-corrected chi connectivity index (χ3v) is 10.9. The van der Waals surface area contributed by atoms with Crippen molar-refractivity contribution in [3.63, 3.8) is 0 Å². The van der Waals surface area contributed by atoms with Gasteiger partial charge in [-0.3, -0.25) is 19.2 Å². The molecule has 0 spiro atoms. The number of rotatable bonds is 6. The highest BCUT2D eigenvalue weighted by Gasteiger charge is 2.61. The van der Waals surface area contributed by atoms with Crippen LogP contribution in [0.4, 0.5) is 11.4 Å². The first-order valence-corrected chi connectivity index (χ1v) is 15.3. The molecule has 208 valence electrons. The fraction of sp³-hybridized carbons (Fsp3) is 0.429. The minimum absolute atomic E-state index is 0.0404. The lowest BCUT2D eigenvalue weighted by Gasteiger charge is -2.22. The molecule has 4 aliphatic carbocycles. The molecule has 4 amide bonds. The first-order valence-electron chi connectivity index (χ1n) is 15.3. The maximum Gasteiger partial charge on any atom is 0.238 e. The molecule has 8 atom stereocenters. The van der Waals surface area contributed by atoms with Crippen molar-refractivity contribution in [3.05, 3.63) is 83.0 Å². The number of hydrogen-bond acceptors (Lipinski definition) is 4. The molecule has 4 fully saturated rings. The molecule has 2 aromatic rings. The van der Waals surface area contributed by atoms with Gasteiger partial charge in [0, 0.05) is 0 Å². The van der Waals surface area contributed by atoms with Crippen molar-refractivity contribution in [1.29, 1.82) is 0 Å². The van der Waals surface area contributed by atoms with E-state index in [1.54, 1.807) is 0 Å². The van der Waals surface area contributed by atoms with E-state index >= 15 is 0 Å². The van der Waals surface area contributed by atoms with E-state index in [9.17, 15) is 19.2 Å². The molecule has 2 saturated heterocycles. The second kappa shape index (κ2) is 8.85. The van der Waals surface area contributed by atoms with E-state index in [-0.39, 0.29) is 71.0 Å². The summed E-state index contributed by atoms with van der Waals surface area (Å²) in [5.41, 5.74) is 5.66. The third-order valence-electron chi connectivity index (χ3n) is 10.9. The molecule has 6 nitrogen and oxygen atoms in total. The second-order valence-corrected chi connectivity index (χ2v) is 12.8. The van der Waals surface area contributed by atoms with Crippen LogP contribution in [0.5, 0.6) is 0 Å². The summed E-state index contributed by atoms with van der Waals surface area (Å²) in [6.45, 7) is 4.12. The summed E-state index contributed by atoms with van der Waals surface area (Å²) in [5, 5.41) is 0.